The van der Waals surface area contributed by atoms with E-state index in [9.17, 15) is 5.11 Å². The molecule has 3 N–H and O–H groups in total. The summed E-state index contributed by atoms with van der Waals surface area (Å²) < 4.78 is 5.64. The topological polar surface area (TPSA) is 58.7 Å². The molecule has 0 aromatic carbocycles. The fourth-order valence-corrected chi connectivity index (χ4v) is 2.47. The molecule has 1 heterocycles. The lowest BCUT2D eigenvalue weighted by atomic mass is 9.87. The highest BCUT2D eigenvalue weighted by Gasteiger charge is 2.24. The van der Waals surface area contributed by atoms with E-state index in [0.717, 1.165) is 26.2 Å². The Labute approximate surface area is 111 Å². The van der Waals surface area contributed by atoms with Gasteiger partial charge in [0.2, 0.25) is 0 Å². The van der Waals surface area contributed by atoms with E-state index in [1.54, 1.807) is 0 Å². The summed E-state index contributed by atoms with van der Waals surface area (Å²) in [4.78, 5) is 2.41. The Morgan fingerprint density at radius 2 is 2.06 bits per heavy atom. The van der Waals surface area contributed by atoms with Crippen LogP contribution >= 0.6 is 0 Å². The summed E-state index contributed by atoms with van der Waals surface area (Å²) in [6, 6.07) is 0. The molecule has 4 nitrogen and oxygen atoms in total. The monoisotopic (exact) mass is 258 g/mol. The molecule has 1 rings (SSSR count). The number of rotatable bonds is 7. The molecule has 0 bridgehead atoms. The average Bonchev–Trinajstić information content (AvgIpc) is 2.34. The fourth-order valence-electron chi connectivity index (χ4n) is 2.47. The van der Waals surface area contributed by atoms with Crippen molar-refractivity contribution in [2.24, 2.45) is 11.1 Å². The van der Waals surface area contributed by atoms with Crippen molar-refractivity contribution in [2.45, 2.75) is 52.2 Å². The van der Waals surface area contributed by atoms with Crippen molar-refractivity contribution >= 4 is 0 Å². The van der Waals surface area contributed by atoms with Crippen molar-refractivity contribution in [3.63, 3.8) is 0 Å². The maximum atomic E-state index is 9.17. The van der Waals surface area contributed by atoms with E-state index in [2.05, 4.69) is 25.7 Å². The number of hydrogen-bond donors (Lipinski definition) is 2. The maximum Gasteiger partial charge on any atom is 0.0936 e. The van der Waals surface area contributed by atoms with Gasteiger partial charge in [0, 0.05) is 13.1 Å². The maximum absolute atomic E-state index is 9.17. The molecule has 0 amide bonds. The van der Waals surface area contributed by atoms with E-state index in [4.69, 9.17) is 10.5 Å². The van der Waals surface area contributed by atoms with Crippen LogP contribution in [0.4, 0.5) is 0 Å². The van der Waals surface area contributed by atoms with Crippen LogP contribution in [0.3, 0.4) is 0 Å². The molecule has 2 atom stereocenters. The number of aliphatic hydroxyl groups is 1. The molecule has 1 saturated heterocycles. The normalized spacial score (nSPS) is 26.5. The number of hydrogen-bond acceptors (Lipinski definition) is 4. The highest BCUT2D eigenvalue weighted by molar-refractivity contribution is 4.76. The Morgan fingerprint density at radius 3 is 2.67 bits per heavy atom. The molecular formula is C14H30N2O2. The van der Waals surface area contributed by atoms with E-state index in [0.29, 0.717) is 0 Å². The van der Waals surface area contributed by atoms with Crippen LogP contribution in [0.1, 0.15) is 40.0 Å². The molecule has 0 radical (unpaired) electrons. The Morgan fingerprint density at radius 1 is 1.33 bits per heavy atom. The van der Waals surface area contributed by atoms with Crippen molar-refractivity contribution in [1.82, 2.24) is 4.90 Å². The third kappa shape index (κ3) is 5.65. The Balaban J connectivity index is 2.18. The summed E-state index contributed by atoms with van der Waals surface area (Å²) in [6.45, 7) is 10.4. The zero-order valence-electron chi connectivity index (χ0n) is 12.2. The smallest absolute Gasteiger partial charge is 0.0936 e. The first kappa shape index (κ1) is 15.9. The molecule has 2 unspecified atom stereocenters. The SMILES string of the molecule is CC1CN(CCCCC(C)(C)CN)CC(CO)O1. The van der Waals surface area contributed by atoms with Crippen LogP contribution in [0.15, 0.2) is 0 Å². The molecule has 4 heteroatoms. The number of unbranched alkanes of at least 4 members (excludes halogenated alkanes) is 1. The van der Waals surface area contributed by atoms with Crippen LogP contribution in [0.25, 0.3) is 0 Å². The van der Waals surface area contributed by atoms with Crippen molar-refractivity contribution in [3.8, 4) is 0 Å². The molecule has 0 spiro atoms. The van der Waals surface area contributed by atoms with Crippen molar-refractivity contribution in [3.05, 3.63) is 0 Å². The van der Waals surface area contributed by atoms with Gasteiger partial charge in [0.05, 0.1) is 18.8 Å². The highest BCUT2D eigenvalue weighted by Crippen LogP contribution is 2.21. The summed E-state index contributed by atoms with van der Waals surface area (Å²) in [7, 11) is 0. The number of morpholine rings is 1. The molecule has 1 aliphatic heterocycles. The standard InChI is InChI=1S/C14H30N2O2/c1-12-8-16(9-13(10-17)18-12)7-5-4-6-14(2,3)11-15/h12-13,17H,4-11,15H2,1-3H3. The van der Waals surface area contributed by atoms with E-state index in [1.165, 1.54) is 19.3 Å². The summed E-state index contributed by atoms with van der Waals surface area (Å²) >= 11 is 0. The fraction of sp³-hybridized carbons (Fsp3) is 1.00. The third-order valence-electron chi connectivity index (χ3n) is 3.74. The molecular weight excluding hydrogens is 228 g/mol. The Kier molecular flexibility index (Phi) is 6.57. The lowest BCUT2D eigenvalue weighted by molar-refractivity contribution is -0.0953. The van der Waals surface area contributed by atoms with Gasteiger partial charge in [-0.1, -0.05) is 20.3 Å². The molecule has 1 aliphatic rings. The van der Waals surface area contributed by atoms with Crippen molar-refractivity contribution in [1.29, 1.82) is 0 Å². The first-order valence-corrected chi connectivity index (χ1v) is 7.15. The first-order valence-electron chi connectivity index (χ1n) is 7.15. The summed E-state index contributed by atoms with van der Waals surface area (Å²) in [6.07, 6.45) is 3.84. The Hall–Kier alpha value is -0.160. The van der Waals surface area contributed by atoms with E-state index < -0.39 is 0 Å². The van der Waals surface area contributed by atoms with Gasteiger partial charge < -0.3 is 15.6 Å². The molecule has 18 heavy (non-hydrogen) atoms. The van der Waals surface area contributed by atoms with Gasteiger partial charge in [0.15, 0.2) is 0 Å². The van der Waals surface area contributed by atoms with Crippen LogP contribution in [0.5, 0.6) is 0 Å². The second-order valence-electron chi connectivity index (χ2n) is 6.34. The van der Waals surface area contributed by atoms with Gasteiger partial charge >= 0.3 is 0 Å². The van der Waals surface area contributed by atoms with E-state index in [-0.39, 0.29) is 24.2 Å². The molecule has 0 saturated carbocycles. The lowest BCUT2D eigenvalue weighted by Crippen LogP contribution is -2.48. The molecule has 0 aromatic rings. The average molecular weight is 258 g/mol. The van der Waals surface area contributed by atoms with Gasteiger partial charge in [-0.15, -0.1) is 0 Å². The number of nitrogens with two attached hydrogens (primary N) is 1. The zero-order valence-corrected chi connectivity index (χ0v) is 12.2. The summed E-state index contributed by atoms with van der Waals surface area (Å²) in [5.74, 6) is 0. The Bertz CT molecular complexity index is 234. The van der Waals surface area contributed by atoms with Gasteiger partial charge in [-0.3, -0.25) is 4.90 Å². The summed E-state index contributed by atoms with van der Waals surface area (Å²) in [5.41, 5.74) is 6.00. The van der Waals surface area contributed by atoms with Crippen LogP contribution in [-0.4, -0.2) is 55.0 Å². The second-order valence-corrected chi connectivity index (χ2v) is 6.34. The summed E-state index contributed by atoms with van der Waals surface area (Å²) in [5, 5.41) is 9.17. The van der Waals surface area contributed by atoms with Gasteiger partial charge in [0.1, 0.15) is 0 Å². The predicted molar refractivity (Wildman–Crippen MR) is 74.5 cm³/mol. The van der Waals surface area contributed by atoms with Gasteiger partial charge in [0.25, 0.3) is 0 Å². The molecule has 0 aliphatic carbocycles. The third-order valence-corrected chi connectivity index (χ3v) is 3.74. The second kappa shape index (κ2) is 7.43. The highest BCUT2D eigenvalue weighted by atomic mass is 16.5. The molecule has 1 fully saturated rings. The quantitative estimate of drug-likeness (QED) is 0.674. The van der Waals surface area contributed by atoms with Gasteiger partial charge in [-0.05, 0) is 38.3 Å². The van der Waals surface area contributed by atoms with Gasteiger partial charge in [-0.25, -0.2) is 0 Å². The largest absolute Gasteiger partial charge is 0.394 e. The predicted octanol–water partition coefficient (Wildman–Crippen LogP) is 1.22. The minimum absolute atomic E-state index is 0.00534. The van der Waals surface area contributed by atoms with Crippen LogP contribution in [0, 0.1) is 5.41 Å². The van der Waals surface area contributed by atoms with Gasteiger partial charge in [-0.2, -0.15) is 0 Å². The minimum atomic E-state index is -0.00534. The zero-order chi connectivity index (χ0) is 13.6. The number of nitrogens with zero attached hydrogens (tertiary/aromatic N) is 1. The number of ether oxygens (including phenoxy) is 1. The van der Waals surface area contributed by atoms with Crippen LogP contribution in [-0.2, 0) is 4.74 Å². The minimum Gasteiger partial charge on any atom is -0.394 e. The van der Waals surface area contributed by atoms with Crippen molar-refractivity contribution in [2.75, 3.05) is 32.8 Å². The first-order chi connectivity index (χ1) is 8.46. The van der Waals surface area contributed by atoms with E-state index in [1.807, 2.05) is 0 Å². The molecule has 108 valence electrons. The van der Waals surface area contributed by atoms with E-state index >= 15 is 0 Å². The van der Waals surface area contributed by atoms with Crippen LogP contribution in [0.2, 0.25) is 0 Å². The van der Waals surface area contributed by atoms with Crippen LogP contribution < -0.4 is 5.73 Å². The number of aliphatic hydroxyl groups excluding tert-OH is 1. The molecule has 0 aromatic heterocycles. The van der Waals surface area contributed by atoms with Crippen molar-refractivity contribution < 1.29 is 9.84 Å². The lowest BCUT2D eigenvalue weighted by Gasteiger charge is -2.36.